The number of hydrogen-bond acceptors (Lipinski definition) is 1. The summed E-state index contributed by atoms with van der Waals surface area (Å²) in [6, 6.07) is 0. The molecule has 0 N–H and O–H groups in total. The fourth-order valence-corrected chi connectivity index (χ4v) is 0.500. The van der Waals surface area contributed by atoms with Crippen molar-refractivity contribution in [3.63, 3.8) is 0 Å². The summed E-state index contributed by atoms with van der Waals surface area (Å²) in [6.07, 6.45) is 1.87. The fourth-order valence-electron chi connectivity index (χ4n) is 0.0556. The molecule has 0 aliphatic rings. The summed E-state index contributed by atoms with van der Waals surface area (Å²) in [4.78, 5) is 0. The Morgan fingerprint density at radius 3 is 2.33 bits per heavy atom. The normalized spacial score (nSPS) is 9.50. The quantitative estimate of drug-likeness (QED) is 0.416. The summed E-state index contributed by atoms with van der Waals surface area (Å²) in [7, 11) is -0.219. The van der Waals surface area contributed by atoms with E-state index in [1.165, 1.54) is 0 Å². The van der Waals surface area contributed by atoms with Crippen LogP contribution in [0.3, 0.4) is 0 Å². The van der Waals surface area contributed by atoms with Crippen molar-refractivity contribution in [1.82, 2.24) is 0 Å². The van der Waals surface area contributed by atoms with Gasteiger partial charge in [0.2, 0.25) is 0 Å². The predicted molar refractivity (Wildman–Crippen MR) is 38.3 cm³/mol. The molecule has 0 aliphatic heterocycles. The third-order valence-corrected chi connectivity index (χ3v) is 1.82. The van der Waals surface area contributed by atoms with E-state index in [-0.39, 0.29) is 9.41 Å². The first-order valence-corrected chi connectivity index (χ1v) is 3.41. The second kappa shape index (κ2) is 3.81. The molecule has 0 nitrogen and oxygen atoms in total. The summed E-state index contributed by atoms with van der Waals surface area (Å²) < 4.78 is 0. The van der Waals surface area contributed by atoms with Gasteiger partial charge in [-0.3, -0.25) is 0 Å². The van der Waals surface area contributed by atoms with Crippen LogP contribution in [0.25, 0.3) is 0 Å². The molecule has 0 heterocycles. The molecule has 6 heavy (non-hydrogen) atoms. The molecular weight excluding hydrogens is 109 g/mol. The van der Waals surface area contributed by atoms with Gasteiger partial charge >= 0.3 is 46.4 Å². The number of hydrogen-bond donors (Lipinski definition) is 0. The Morgan fingerprint density at radius 2 is 2.33 bits per heavy atom. The van der Waals surface area contributed by atoms with E-state index >= 15 is 0 Å². The van der Waals surface area contributed by atoms with Crippen molar-refractivity contribution < 1.29 is 0 Å². The zero-order chi connectivity index (χ0) is 4.99. The minimum atomic E-state index is -0.219. The van der Waals surface area contributed by atoms with Gasteiger partial charge in [0.1, 0.15) is 0 Å². The summed E-state index contributed by atoms with van der Waals surface area (Å²) in [6.45, 7) is 7.18. The van der Waals surface area contributed by atoms with Crippen molar-refractivity contribution in [3.05, 3.63) is 0 Å². The van der Waals surface area contributed by atoms with E-state index in [9.17, 15) is 0 Å². The van der Waals surface area contributed by atoms with Gasteiger partial charge in [0.15, 0.2) is 0 Å². The molecule has 0 rings (SSSR count). The SMILES string of the molecule is B#S(B=S)=BC. The van der Waals surface area contributed by atoms with Crippen LogP contribution in [-0.4, -0.2) is 18.1 Å². The van der Waals surface area contributed by atoms with Gasteiger partial charge in [0.05, 0.1) is 0 Å². The van der Waals surface area contributed by atoms with Crippen molar-refractivity contribution in [2.45, 2.75) is 6.82 Å². The van der Waals surface area contributed by atoms with E-state index < -0.39 is 0 Å². The fraction of sp³-hybridized carbons (Fsp3) is 1.00. The second-order valence-corrected chi connectivity index (χ2v) is 2.80. The van der Waals surface area contributed by atoms with E-state index in [2.05, 4.69) is 12.1 Å². The van der Waals surface area contributed by atoms with Crippen molar-refractivity contribution in [2.24, 2.45) is 0 Å². The van der Waals surface area contributed by atoms with Crippen LogP contribution in [0.2, 0.25) is 6.82 Å². The van der Waals surface area contributed by atoms with Crippen LogP contribution in [-0.2, 0) is 0 Å². The topological polar surface area (TPSA) is 0 Å². The molecule has 0 saturated carbocycles. The zero-order valence-corrected chi connectivity index (χ0v) is 5.18. The molecule has 0 aliphatic carbocycles. The van der Waals surface area contributed by atoms with Gasteiger partial charge in [0.25, 0.3) is 0 Å². The summed E-state index contributed by atoms with van der Waals surface area (Å²) in [5.41, 5.74) is 1.56. The van der Waals surface area contributed by atoms with Crippen molar-refractivity contribution >= 4 is 39.6 Å². The molecule has 5 heteroatoms. The molecular formula is CH3B3S2. The third-order valence-electron chi connectivity index (χ3n) is 0.383. The Hall–Kier alpha value is 0.635. The van der Waals surface area contributed by atoms with Crippen LogP contribution >= 0.6 is 21.5 Å². The molecule has 0 amide bonds. The van der Waals surface area contributed by atoms with Gasteiger partial charge in [-0.15, -0.1) is 0 Å². The molecule has 0 radical (unpaired) electrons. The average molecular weight is 112 g/mol. The summed E-state index contributed by atoms with van der Waals surface area (Å²) >= 11 is 4.50. The molecule has 0 atom stereocenters. The van der Waals surface area contributed by atoms with Crippen LogP contribution in [0, 0.1) is 0 Å². The first-order chi connectivity index (χ1) is 2.81. The molecule has 0 spiro atoms. The van der Waals surface area contributed by atoms with Crippen LogP contribution in [0.4, 0.5) is 0 Å². The maximum absolute atomic E-state index is 5.28. The first kappa shape index (κ1) is 6.63. The zero-order valence-electron chi connectivity index (χ0n) is 3.55. The predicted octanol–water partition coefficient (Wildman–Crippen LogP) is 0.738. The van der Waals surface area contributed by atoms with Gasteiger partial charge in [-0.2, -0.15) is 0 Å². The Kier molecular flexibility index (Phi) is 4.22. The Labute approximate surface area is 46.8 Å². The van der Waals surface area contributed by atoms with Crippen LogP contribution < -0.4 is 0 Å². The molecule has 28 valence electrons. The summed E-state index contributed by atoms with van der Waals surface area (Å²) in [5.74, 6) is 0. The molecule has 0 saturated heterocycles. The van der Waals surface area contributed by atoms with E-state index in [1.54, 1.807) is 5.43 Å². The summed E-state index contributed by atoms with van der Waals surface area (Å²) in [5, 5.41) is 0. The van der Waals surface area contributed by atoms with E-state index in [1.807, 2.05) is 13.0 Å². The minimum absolute atomic E-state index is 0.219. The van der Waals surface area contributed by atoms with E-state index in [4.69, 9.17) is 6.53 Å². The van der Waals surface area contributed by atoms with Crippen LogP contribution in [0.5, 0.6) is 0 Å². The van der Waals surface area contributed by atoms with Crippen molar-refractivity contribution in [1.29, 1.82) is 0 Å². The Morgan fingerprint density at radius 1 is 1.83 bits per heavy atom. The van der Waals surface area contributed by atoms with Gasteiger partial charge in [-0.05, 0) is 0 Å². The monoisotopic (exact) mass is 112 g/mol. The average Bonchev–Trinajstić information content (AvgIpc) is 1.65. The van der Waals surface area contributed by atoms with Crippen molar-refractivity contribution in [2.75, 3.05) is 0 Å². The maximum atomic E-state index is 5.28. The second-order valence-electron chi connectivity index (χ2n) is 0.740. The standard InChI is InChI=1S/CH3B3S2/c1-3-6(2)4-5/h1H3. The van der Waals surface area contributed by atoms with Gasteiger partial charge in [0, 0.05) is 0 Å². The molecule has 0 aromatic heterocycles. The van der Waals surface area contributed by atoms with Crippen LogP contribution in [0.1, 0.15) is 0 Å². The van der Waals surface area contributed by atoms with E-state index in [0.29, 0.717) is 0 Å². The molecule has 0 bridgehead atoms. The third kappa shape index (κ3) is 2.85. The molecule has 0 aromatic rings. The van der Waals surface area contributed by atoms with E-state index in [0.717, 1.165) is 0 Å². The number of rotatable bonds is 0. The van der Waals surface area contributed by atoms with Gasteiger partial charge in [-0.25, -0.2) is 0 Å². The first-order valence-electron chi connectivity index (χ1n) is 1.52. The molecule has 0 fully saturated rings. The van der Waals surface area contributed by atoms with Crippen LogP contribution in [0.15, 0.2) is 0 Å². The molecule has 0 unspecified atom stereocenters. The van der Waals surface area contributed by atoms with Gasteiger partial charge in [-0.1, -0.05) is 0 Å². The van der Waals surface area contributed by atoms with Gasteiger partial charge < -0.3 is 0 Å². The van der Waals surface area contributed by atoms with Crippen molar-refractivity contribution in [3.8, 4) is 0 Å². The Bertz CT molecular complexity index is 151. The Balaban J connectivity index is 4.03. The molecule has 0 aromatic carbocycles.